The number of rotatable bonds is 3. The number of nitrogens with one attached hydrogen (secondary N) is 1. The molecule has 4 N–H and O–H groups in total. The number of carbonyl (C=O) groups excluding carboxylic acids is 2. The third kappa shape index (κ3) is 2.69. The lowest BCUT2D eigenvalue weighted by atomic mass is 9.61. The van der Waals surface area contributed by atoms with Crippen LogP contribution in [-0.4, -0.2) is 47.9 Å². The molecular weight excluding hydrogens is 272 g/mol. The molecule has 1 atom stereocenters. The van der Waals surface area contributed by atoms with E-state index in [4.69, 9.17) is 10.9 Å². The average Bonchev–Trinajstić information content (AvgIpc) is 2.49. The van der Waals surface area contributed by atoms with Crippen molar-refractivity contribution in [1.82, 2.24) is 10.2 Å². The molecule has 1 saturated heterocycles. The van der Waals surface area contributed by atoms with Crippen molar-refractivity contribution in [1.29, 1.82) is 0 Å². The van der Waals surface area contributed by atoms with Gasteiger partial charge in [0.25, 0.3) is 0 Å². The van der Waals surface area contributed by atoms with E-state index in [-0.39, 0.29) is 23.6 Å². The van der Waals surface area contributed by atoms with Gasteiger partial charge in [-0.15, -0.1) is 0 Å². The second-order valence-corrected chi connectivity index (χ2v) is 6.29. The summed E-state index contributed by atoms with van der Waals surface area (Å²) in [6.45, 7) is 3.08. The summed E-state index contributed by atoms with van der Waals surface area (Å²) in [5.41, 5.74) is 4.90. The Morgan fingerprint density at radius 3 is 2.62 bits per heavy atom. The lowest BCUT2D eigenvalue weighted by molar-refractivity contribution is -0.147. The van der Waals surface area contributed by atoms with Crippen molar-refractivity contribution < 1.29 is 14.8 Å². The minimum Gasteiger partial charge on any atom is -0.409 e. The van der Waals surface area contributed by atoms with Crippen LogP contribution in [0.2, 0.25) is 0 Å². The van der Waals surface area contributed by atoms with Gasteiger partial charge >= 0.3 is 0 Å². The molecule has 0 aromatic rings. The maximum atomic E-state index is 12.8. The van der Waals surface area contributed by atoms with Gasteiger partial charge in [0.15, 0.2) is 5.84 Å². The van der Waals surface area contributed by atoms with Crippen LogP contribution < -0.4 is 11.1 Å². The summed E-state index contributed by atoms with van der Waals surface area (Å²) >= 11 is 0. The molecule has 7 nitrogen and oxygen atoms in total. The predicted molar refractivity (Wildman–Crippen MR) is 77.6 cm³/mol. The Morgan fingerprint density at radius 2 is 2.10 bits per heavy atom. The van der Waals surface area contributed by atoms with Gasteiger partial charge in [-0.3, -0.25) is 9.59 Å². The number of piperidine rings is 1. The number of hydrogen-bond donors (Lipinski definition) is 3. The van der Waals surface area contributed by atoms with E-state index in [1.54, 1.807) is 11.9 Å². The molecule has 1 saturated carbocycles. The summed E-state index contributed by atoms with van der Waals surface area (Å²) in [7, 11) is 1.61. The van der Waals surface area contributed by atoms with Crippen molar-refractivity contribution in [3.05, 3.63) is 0 Å². The minimum atomic E-state index is -0.876. The standard InChI is InChI=1S/C14H24N4O3/c1-9-6-14(7-9,12(15)17-21)13(20)18-5-3-4-10(8-18)11(19)16-2/h9-10,21H,3-8H2,1-2H3,(H2,15,17)(H,16,19). The van der Waals surface area contributed by atoms with Gasteiger partial charge in [-0.2, -0.15) is 0 Å². The van der Waals surface area contributed by atoms with Gasteiger partial charge < -0.3 is 21.2 Å². The number of likely N-dealkylation sites (tertiary alicyclic amines) is 1. The molecule has 118 valence electrons. The highest BCUT2D eigenvalue weighted by molar-refractivity contribution is 6.07. The van der Waals surface area contributed by atoms with Gasteiger partial charge in [0, 0.05) is 20.1 Å². The molecule has 0 bridgehead atoms. The van der Waals surface area contributed by atoms with E-state index in [1.807, 2.05) is 6.92 Å². The van der Waals surface area contributed by atoms with Crippen LogP contribution in [0.25, 0.3) is 0 Å². The van der Waals surface area contributed by atoms with Gasteiger partial charge in [-0.1, -0.05) is 12.1 Å². The first kappa shape index (κ1) is 15.6. The van der Waals surface area contributed by atoms with E-state index >= 15 is 0 Å². The summed E-state index contributed by atoms with van der Waals surface area (Å²) in [5.74, 6) is 0.0628. The summed E-state index contributed by atoms with van der Waals surface area (Å²) in [4.78, 5) is 26.3. The summed E-state index contributed by atoms with van der Waals surface area (Å²) in [6, 6.07) is 0. The first-order valence-electron chi connectivity index (χ1n) is 7.43. The topological polar surface area (TPSA) is 108 Å². The van der Waals surface area contributed by atoms with E-state index in [9.17, 15) is 9.59 Å². The normalized spacial score (nSPS) is 33.2. The molecule has 0 spiro atoms. The zero-order chi connectivity index (χ0) is 15.6. The predicted octanol–water partition coefficient (Wildman–Crippen LogP) is 0.134. The van der Waals surface area contributed by atoms with Crippen LogP contribution >= 0.6 is 0 Å². The third-order valence-electron chi connectivity index (χ3n) is 4.73. The highest BCUT2D eigenvalue weighted by Gasteiger charge is 2.54. The second kappa shape index (κ2) is 5.91. The molecule has 1 unspecified atom stereocenters. The number of nitrogens with zero attached hydrogens (tertiary/aromatic N) is 2. The van der Waals surface area contributed by atoms with Crippen molar-refractivity contribution in [2.45, 2.75) is 32.6 Å². The number of amidine groups is 1. The Labute approximate surface area is 124 Å². The lowest BCUT2D eigenvalue weighted by Crippen LogP contribution is -2.59. The fraction of sp³-hybridized carbons (Fsp3) is 0.786. The van der Waals surface area contributed by atoms with Gasteiger partial charge in [-0.05, 0) is 31.6 Å². The van der Waals surface area contributed by atoms with Crippen LogP contribution in [0.3, 0.4) is 0 Å². The first-order chi connectivity index (χ1) is 9.94. The fourth-order valence-electron chi connectivity index (χ4n) is 3.60. The number of hydrogen-bond acceptors (Lipinski definition) is 4. The smallest absolute Gasteiger partial charge is 0.236 e. The highest BCUT2D eigenvalue weighted by atomic mass is 16.4. The fourth-order valence-corrected chi connectivity index (χ4v) is 3.60. The van der Waals surface area contributed by atoms with Crippen molar-refractivity contribution in [3.63, 3.8) is 0 Å². The quantitative estimate of drug-likeness (QED) is 0.298. The molecule has 0 aromatic heterocycles. The Kier molecular flexibility index (Phi) is 4.39. The molecule has 2 aliphatic rings. The van der Waals surface area contributed by atoms with Crippen LogP contribution in [0, 0.1) is 17.3 Å². The molecular formula is C14H24N4O3. The van der Waals surface area contributed by atoms with Crippen LogP contribution in [0.1, 0.15) is 32.6 Å². The van der Waals surface area contributed by atoms with Crippen molar-refractivity contribution in [2.24, 2.45) is 28.1 Å². The second-order valence-electron chi connectivity index (χ2n) is 6.29. The van der Waals surface area contributed by atoms with Gasteiger partial charge in [-0.25, -0.2) is 0 Å². The van der Waals surface area contributed by atoms with Crippen molar-refractivity contribution >= 4 is 17.6 Å². The monoisotopic (exact) mass is 296 g/mol. The Hall–Kier alpha value is -1.79. The van der Waals surface area contributed by atoms with E-state index < -0.39 is 5.41 Å². The molecule has 1 heterocycles. The lowest BCUT2D eigenvalue weighted by Gasteiger charge is -2.47. The molecule has 0 radical (unpaired) electrons. The third-order valence-corrected chi connectivity index (χ3v) is 4.73. The molecule has 2 amide bonds. The molecule has 7 heteroatoms. The van der Waals surface area contributed by atoms with Gasteiger partial charge in [0.2, 0.25) is 11.8 Å². The zero-order valence-electron chi connectivity index (χ0n) is 12.6. The van der Waals surface area contributed by atoms with Crippen LogP contribution in [0.4, 0.5) is 0 Å². The van der Waals surface area contributed by atoms with Crippen LogP contribution in [-0.2, 0) is 9.59 Å². The average molecular weight is 296 g/mol. The summed E-state index contributed by atoms with van der Waals surface area (Å²) in [5, 5.41) is 14.7. The van der Waals surface area contributed by atoms with E-state index in [2.05, 4.69) is 10.5 Å². The Balaban J connectivity index is 2.13. The SMILES string of the molecule is CNC(=O)C1CCCN(C(=O)C2(C(N)=NO)CC(C)C2)C1. The van der Waals surface area contributed by atoms with Crippen LogP contribution in [0.5, 0.6) is 0 Å². The van der Waals surface area contributed by atoms with E-state index in [0.717, 1.165) is 12.8 Å². The van der Waals surface area contributed by atoms with Crippen molar-refractivity contribution in [3.8, 4) is 0 Å². The largest absolute Gasteiger partial charge is 0.409 e. The molecule has 0 aromatic carbocycles. The number of amides is 2. The molecule has 2 rings (SSSR count). The molecule has 2 fully saturated rings. The first-order valence-corrected chi connectivity index (χ1v) is 7.43. The zero-order valence-corrected chi connectivity index (χ0v) is 12.6. The molecule has 1 aliphatic heterocycles. The number of nitrogens with two attached hydrogens (primary N) is 1. The highest BCUT2D eigenvalue weighted by Crippen LogP contribution is 2.47. The van der Waals surface area contributed by atoms with Crippen molar-refractivity contribution in [2.75, 3.05) is 20.1 Å². The van der Waals surface area contributed by atoms with E-state index in [0.29, 0.717) is 31.8 Å². The van der Waals surface area contributed by atoms with E-state index in [1.165, 1.54) is 0 Å². The molecule has 21 heavy (non-hydrogen) atoms. The Morgan fingerprint density at radius 1 is 1.43 bits per heavy atom. The Bertz CT molecular complexity index is 457. The van der Waals surface area contributed by atoms with Gasteiger partial charge in [0.1, 0.15) is 5.41 Å². The van der Waals surface area contributed by atoms with Crippen LogP contribution in [0.15, 0.2) is 5.16 Å². The summed E-state index contributed by atoms with van der Waals surface area (Å²) in [6.07, 6.45) is 2.79. The maximum absolute atomic E-state index is 12.8. The molecule has 1 aliphatic carbocycles. The number of carbonyl (C=O) groups is 2. The maximum Gasteiger partial charge on any atom is 0.236 e. The summed E-state index contributed by atoms with van der Waals surface area (Å²) < 4.78 is 0. The minimum absolute atomic E-state index is 0.00679. The number of oxime groups is 1. The van der Waals surface area contributed by atoms with Gasteiger partial charge in [0.05, 0.1) is 5.92 Å².